The molecule has 1 aliphatic rings. The Bertz CT molecular complexity index is 356. The highest BCUT2D eigenvalue weighted by atomic mass is 15.3. The molecular formula is C14H25N3. The molecule has 0 spiro atoms. The van der Waals surface area contributed by atoms with Gasteiger partial charge in [0.25, 0.3) is 0 Å². The first kappa shape index (κ1) is 12.6. The second-order valence-corrected chi connectivity index (χ2v) is 5.47. The van der Waals surface area contributed by atoms with Crippen molar-refractivity contribution in [2.24, 2.45) is 5.92 Å². The van der Waals surface area contributed by atoms with Crippen LogP contribution in [0.25, 0.3) is 0 Å². The Morgan fingerprint density at radius 2 is 2.12 bits per heavy atom. The van der Waals surface area contributed by atoms with Crippen molar-refractivity contribution in [3.8, 4) is 0 Å². The molecule has 96 valence electrons. The first-order valence-electron chi connectivity index (χ1n) is 6.91. The van der Waals surface area contributed by atoms with Gasteiger partial charge in [-0.2, -0.15) is 5.10 Å². The van der Waals surface area contributed by atoms with E-state index in [1.807, 2.05) is 0 Å². The largest absolute Gasteiger partial charge is 0.312 e. The summed E-state index contributed by atoms with van der Waals surface area (Å²) in [7, 11) is 0. The summed E-state index contributed by atoms with van der Waals surface area (Å²) in [6.07, 6.45) is 5.54. The van der Waals surface area contributed by atoms with Crippen LogP contribution >= 0.6 is 0 Å². The molecule has 0 aliphatic heterocycles. The number of aromatic nitrogens is 2. The molecule has 0 bridgehead atoms. The topological polar surface area (TPSA) is 29.9 Å². The molecule has 2 unspecified atom stereocenters. The monoisotopic (exact) mass is 235 g/mol. The maximum atomic E-state index is 4.49. The quantitative estimate of drug-likeness (QED) is 0.869. The Morgan fingerprint density at radius 1 is 1.35 bits per heavy atom. The summed E-state index contributed by atoms with van der Waals surface area (Å²) in [6, 6.07) is 2.86. The van der Waals surface area contributed by atoms with Gasteiger partial charge in [0.05, 0.1) is 12.2 Å². The summed E-state index contributed by atoms with van der Waals surface area (Å²) in [6.45, 7) is 8.59. The minimum atomic E-state index is 0.723. The van der Waals surface area contributed by atoms with Gasteiger partial charge in [-0.05, 0) is 38.7 Å². The van der Waals surface area contributed by atoms with Crippen molar-refractivity contribution in [3.05, 3.63) is 17.5 Å². The highest BCUT2D eigenvalue weighted by molar-refractivity contribution is 5.06. The molecule has 0 aromatic carbocycles. The van der Waals surface area contributed by atoms with Crippen molar-refractivity contribution >= 4 is 0 Å². The fourth-order valence-electron chi connectivity index (χ4n) is 2.88. The Morgan fingerprint density at radius 3 is 2.76 bits per heavy atom. The summed E-state index contributed by atoms with van der Waals surface area (Å²) in [5.41, 5.74) is 2.38. The van der Waals surface area contributed by atoms with Crippen molar-refractivity contribution in [1.29, 1.82) is 0 Å². The van der Waals surface area contributed by atoms with Crippen LogP contribution in [-0.4, -0.2) is 22.4 Å². The molecule has 1 aliphatic carbocycles. The van der Waals surface area contributed by atoms with Crippen molar-refractivity contribution in [2.45, 2.75) is 59.0 Å². The number of rotatable bonds is 4. The van der Waals surface area contributed by atoms with Crippen molar-refractivity contribution in [3.63, 3.8) is 0 Å². The van der Waals surface area contributed by atoms with E-state index in [1.165, 1.54) is 31.4 Å². The molecule has 2 atom stereocenters. The molecule has 1 aromatic heterocycles. The molecule has 1 saturated carbocycles. The van der Waals surface area contributed by atoms with Gasteiger partial charge in [-0.15, -0.1) is 0 Å². The van der Waals surface area contributed by atoms with Crippen LogP contribution in [0.4, 0.5) is 0 Å². The van der Waals surface area contributed by atoms with Gasteiger partial charge in [-0.3, -0.25) is 4.68 Å². The number of hydrogen-bond donors (Lipinski definition) is 1. The van der Waals surface area contributed by atoms with Gasteiger partial charge < -0.3 is 5.32 Å². The van der Waals surface area contributed by atoms with E-state index in [0.717, 1.165) is 30.7 Å². The average molecular weight is 235 g/mol. The lowest BCUT2D eigenvalue weighted by Gasteiger charge is -2.29. The number of aryl methyl sites for hydroxylation is 2. The van der Waals surface area contributed by atoms with E-state index in [1.54, 1.807) is 0 Å². The van der Waals surface area contributed by atoms with Gasteiger partial charge in [0.2, 0.25) is 0 Å². The lowest BCUT2D eigenvalue weighted by molar-refractivity contribution is 0.277. The molecule has 0 radical (unpaired) electrons. The maximum Gasteiger partial charge on any atom is 0.0596 e. The maximum absolute atomic E-state index is 4.49. The van der Waals surface area contributed by atoms with E-state index in [-0.39, 0.29) is 0 Å². The van der Waals surface area contributed by atoms with Crippen LogP contribution in [0.1, 0.15) is 44.0 Å². The van der Waals surface area contributed by atoms with Crippen LogP contribution in [0, 0.1) is 19.8 Å². The first-order chi connectivity index (χ1) is 8.16. The van der Waals surface area contributed by atoms with E-state index < -0.39 is 0 Å². The third-order valence-electron chi connectivity index (χ3n) is 3.94. The third-order valence-corrected chi connectivity index (χ3v) is 3.94. The molecule has 0 amide bonds. The minimum absolute atomic E-state index is 0.723. The fourth-order valence-corrected chi connectivity index (χ4v) is 2.88. The molecule has 0 saturated heterocycles. The number of nitrogens with zero attached hydrogens (tertiary/aromatic N) is 2. The summed E-state index contributed by atoms with van der Waals surface area (Å²) in [5, 5.41) is 8.18. The molecular weight excluding hydrogens is 210 g/mol. The normalized spacial score (nSPS) is 25.1. The lowest BCUT2D eigenvalue weighted by atomic mass is 9.86. The SMILES string of the molecule is Cc1cc(C)n(CCNC2CCCCC2C)n1. The zero-order valence-electron chi connectivity index (χ0n) is 11.4. The second kappa shape index (κ2) is 5.67. The van der Waals surface area contributed by atoms with Crippen molar-refractivity contribution < 1.29 is 0 Å². The molecule has 1 fully saturated rings. The smallest absolute Gasteiger partial charge is 0.0596 e. The van der Waals surface area contributed by atoms with Gasteiger partial charge in [0.1, 0.15) is 0 Å². The third kappa shape index (κ3) is 3.32. The highest BCUT2D eigenvalue weighted by Gasteiger charge is 2.20. The van der Waals surface area contributed by atoms with Gasteiger partial charge in [-0.25, -0.2) is 0 Å². The van der Waals surface area contributed by atoms with E-state index in [2.05, 4.69) is 41.9 Å². The van der Waals surface area contributed by atoms with E-state index in [4.69, 9.17) is 0 Å². The number of nitrogens with one attached hydrogen (secondary N) is 1. The molecule has 3 heteroatoms. The van der Waals surface area contributed by atoms with Crippen molar-refractivity contribution in [1.82, 2.24) is 15.1 Å². The van der Waals surface area contributed by atoms with E-state index in [9.17, 15) is 0 Å². The predicted octanol–water partition coefficient (Wildman–Crippen LogP) is 2.67. The molecule has 1 heterocycles. The average Bonchev–Trinajstić information content (AvgIpc) is 2.60. The Labute approximate surface area is 105 Å². The summed E-state index contributed by atoms with van der Waals surface area (Å²) in [5.74, 6) is 0.837. The van der Waals surface area contributed by atoms with Crippen LogP contribution in [0.2, 0.25) is 0 Å². The highest BCUT2D eigenvalue weighted by Crippen LogP contribution is 2.23. The fraction of sp³-hybridized carbons (Fsp3) is 0.786. The van der Waals surface area contributed by atoms with Gasteiger partial charge in [0, 0.05) is 18.3 Å². The predicted molar refractivity (Wildman–Crippen MR) is 71.1 cm³/mol. The van der Waals surface area contributed by atoms with Crippen LogP contribution in [0.3, 0.4) is 0 Å². The Balaban J connectivity index is 1.77. The van der Waals surface area contributed by atoms with Crippen molar-refractivity contribution in [2.75, 3.05) is 6.54 Å². The Kier molecular flexibility index (Phi) is 4.21. The first-order valence-corrected chi connectivity index (χ1v) is 6.91. The molecule has 1 N–H and O–H groups in total. The van der Waals surface area contributed by atoms with Crippen LogP contribution < -0.4 is 5.32 Å². The van der Waals surface area contributed by atoms with Gasteiger partial charge in [-0.1, -0.05) is 19.8 Å². The molecule has 2 rings (SSSR count). The van der Waals surface area contributed by atoms with Gasteiger partial charge >= 0.3 is 0 Å². The van der Waals surface area contributed by atoms with Crippen LogP contribution in [0.5, 0.6) is 0 Å². The summed E-state index contributed by atoms with van der Waals surface area (Å²) < 4.78 is 2.11. The zero-order chi connectivity index (χ0) is 12.3. The lowest BCUT2D eigenvalue weighted by Crippen LogP contribution is -2.39. The second-order valence-electron chi connectivity index (χ2n) is 5.47. The molecule has 17 heavy (non-hydrogen) atoms. The zero-order valence-corrected chi connectivity index (χ0v) is 11.4. The minimum Gasteiger partial charge on any atom is -0.312 e. The Hall–Kier alpha value is -0.830. The van der Waals surface area contributed by atoms with Gasteiger partial charge in [0.15, 0.2) is 0 Å². The van der Waals surface area contributed by atoms with E-state index >= 15 is 0 Å². The van der Waals surface area contributed by atoms with E-state index in [0.29, 0.717) is 0 Å². The summed E-state index contributed by atoms with van der Waals surface area (Å²) >= 11 is 0. The van der Waals surface area contributed by atoms with Crippen LogP contribution in [-0.2, 0) is 6.54 Å². The van der Waals surface area contributed by atoms with Crippen LogP contribution in [0.15, 0.2) is 6.07 Å². The standard InChI is InChI=1S/C14H25N3/c1-11-6-4-5-7-14(11)15-8-9-17-13(3)10-12(2)16-17/h10-11,14-15H,4-9H2,1-3H3. The molecule has 3 nitrogen and oxygen atoms in total. The number of hydrogen-bond acceptors (Lipinski definition) is 2. The summed E-state index contributed by atoms with van der Waals surface area (Å²) in [4.78, 5) is 0. The molecule has 1 aromatic rings.